The molecule has 0 aromatic heterocycles. The number of carboxylic acids is 1. The Bertz CT molecular complexity index is 506. The minimum Gasteiger partial charge on any atom is -0.478 e. The van der Waals surface area contributed by atoms with Crippen molar-refractivity contribution < 1.29 is 19.4 Å². The van der Waals surface area contributed by atoms with E-state index in [1.807, 2.05) is 13.8 Å². The average Bonchev–Trinajstić information content (AvgIpc) is 2.40. The van der Waals surface area contributed by atoms with E-state index in [0.29, 0.717) is 31.4 Å². The molecule has 0 aliphatic carbocycles. The summed E-state index contributed by atoms with van der Waals surface area (Å²) >= 11 is 5.75. The number of hydrogen-bond donors (Lipinski definition) is 3. The van der Waals surface area contributed by atoms with Crippen LogP contribution < -0.4 is 10.6 Å². The highest BCUT2D eigenvalue weighted by molar-refractivity contribution is 6.33. The predicted octanol–water partition coefficient (Wildman–Crippen LogP) is 2.83. The van der Waals surface area contributed by atoms with Crippen molar-refractivity contribution in [2.45, 2.75) is 13.8 Å². The summed E-state index contributed by atoms with van der Waals surface area (Å²) in [6.07, 6.45) is 0. The number of aromatic carboxylic acids is 1. The summed E-state index contributed by atoms with van der Waals surface area (Å²) < 4.78 is 5.32. The lowest BCUT2D eigenvalue weighted by molar-refractivity contribution is 0.0697. The number of ether oxygens (including phenoxy) is 1. The van der Waals surface area contributed by atoms with E-state index in [1.165, 1.54) is 18.2 Å². The zero-order chi connectivity index (χ0) is 15.8. The van der Waals surface area contributed by atoms with Crippen molar-refractivity contribution >= 4 is 29.3 Å². The summed E-state index contributed by atoms with van der Waals surface area (Å²) in [6.45, 7) is 5.52. The molecule has 0 saturated carbocycles. The normalized spacial score (nSPS) is 10.5. The van der Waals surface area contributed by atoms with Crippen LogP contribution in [0.5, 0.6) is 0 Å². The zero-order valence-electron chi connectivity index (χ0n) is 12.0. The maximum absolute atomic E-state index is 11.6. The van der Waals surface area contributed by atoms with Gasteiger partial charge >= 0.3 is 12.0 Å². The van der Waals surface area contributed by atoms with Crippen LogP contribution in [0.15, 0.2) is 18.2 Å². The molecule has 1 aromatic carbocycles. The van der Waals surface area contributed by atoms with Crippen LogP contribution in [0.1, 0.15) is 24.2 Å². The summed E-state index contributed by atoms with van der Waals surface area (Å²) in [5, 5.41) is 14.2. The molecule has 0 radical (unpaired) electrons. The first-order chi connectivity index (χ1) is 9.90. The van der Waals surface area contributed by atoms with Gasteiger partial charge in [0.1, 0.15) is 0 Å². The van der Waals surface area contributed by atoms with Crippen LogP contribution in [0.3, 0.4) is 0 Å². The summed E-state index contributed by atoms with van der Waals surface area (Å²) in [5.74, 6) is -0.700. The van der Waals surface area contributed by atoms with Gasteiger partial charge in [0.05, 0.1) is 17.2 Å². The van der Waals surface area contributed by atoms with Gasteiger partial charge in [0.15, 0.2) is 0 Å². The minimum atomic E-state index is -1.15. The molecule has 0 bridgehead atoms. The minimum absolute atomic E-state index is 0.0604. The van der Waals surface area contributed by atoms with Crippen LogP contribution >= 0.6 is 11.6 Å². The van der Waals surface area contributed by atoms with Crippen LogP contribution in [0.25, 0.3) is 0 Å². The van der Waals surface area contributed by atoms with Crippen molar-refractivity contribution in [3.8, 4) is 0 Å². The van der Waals surface area contributed by atoms with E-state index in [9.17, 15) is 9.59 Å². The number of amides is 2. The number of carbonyl (C=O) groups excluding carboxylic acids is 1. The number of benzene rings is 1. The Hall–Kier alpha value is -1.79. The van der Waals surface area contributed by atoms with Crippen LogP contribution in [0.4, 0.5) is 10.5 Å². The number of urea groups is 1. The number of anilines is 1. The van der Waals surface area contributed by atoms with Gasteiger partial charge in [-0.25, -0.2) is 9.59 Å². The molecule has 0 heterocycles. The second-order valence-electron chi connectivity index (χ2n) is 4.85. The van der Waals surface area contributed by atoms with E-state index in [2.05, 4.69) is 10.6 Å². The van der Waals surface area contributed by atoms with Crippen LogP contribution in [0, 0.1) is 5.92 Å². The molecule has 0 spiro atoms. The predicted molar refractivity (Wildman–Crippen MR) is 81.1 cm³/mol. The van der Waals surface area contributed by atoms with Gasteiger partial charge in [0.2, 0.25) is 0 Å². The standard InChI is InChI=1S/C14H19ClN2O4/c1-9(2)8-21-6-5-16-14(20)17-10-3-4-12(15)11(7-10)13(18)19/h3-4,7,9H,5-6,8H2,1-2H3,(H,18,19)(H2,16,17,20). The third-order valence-electron chi connectivity index (χ3n) is 2.44. The van der Waals surface area contributed by atoms with E-state index in [1.54, 1.807) is 0 Å². The highest BCUT2D eigenvalue weighted by Gasteiger charge is 2.10. The monoisotopic (exact) mass is 314 g/mol. The van der Waals surface area contributed by atoms with Crippen molar-refractivity contribution in [1.82, 2.24) is 5.32 Å². The molecule has 3 N–H and O–H groups in total. The molecule has 21 heavy (non-hydrogen) atoms. The van der Waals surface area contributed by atoms with Crippen molar-refractivity contribution in [2.75, 3.05) is 25.1 Å². The van der Waals surface area contributed by atoms with E-state index >= 15 is 0 Å². The Balaban J connectivity index is 2.41. The number of carboxylic acid groups (broad SMARTS) is 1. The number of hydrogen-bond acceptors (Lipinski definition) is 3. The van der Waals surface area contributed by atoms with Gasteiger partial charge in [-0.3, -0.25) is 0 Å². The lowest BCUT2D eigenvalue weighted by atomic mass is 10.2. The average molecular weight is 315 g/mol. The fourth-order valence-corrected chi connectivity index (χ4v) is 1.70. The molecule has 1 rings (SSSR count). The highest BCUT2D eigenvalue weighted by Crippen LogP contribution is 2.20. The van der Waals surface area contributed by atoms with Crippen molar-refractivity contribution in [3.63, 3.8) is 0 Å². The second-order valence-corrected chi connectivity index (χ2v) is 5.26. The Morgan fingerprint density at radius 2 is 2.10 bits per heavy atom. The topological polar surface area (TPSA) is 87.7 Å². The summed E-state index contributed by atoms with van der Waals surface area (Å²) in [6, 6.07) is 3.83. The molecule has 2 amide bonds. The van der Waals surface area contributed by atoms with Crippen molar-refractivity contribution in [3.05, 3.63) is 28.8 Å². The Labute approximate surface area is 128 Å². The lowest BCUT2D eigenvalue weighted by Gasteiger charge is -2.10. The molecule has 7 heteroatoms. The fourth-order valence-electron chi connectivity index (χ4n) is 1.50. The first kappa shape index (κ1) is 17.3. The molecule has 0 fully saturated rings. The van der Waals surface area contributed by atoms with Gasteiger partial charge in [-0.05, 0) is 24.1 Å². The maximum Gasteiger partial charge on any atom is 0.337 e. The Morgan fingerprint density at radius 3 is 2.71 bits per heavy atom. The molecule has 0 saturated heterocycles. The molecular formula is C14H19ClN2O4. The zero-order valence-corrected chi connectivity index (χ0v) is 12.7. The molecule has 116 valence electrons. The quantitative estimate of drug-likeness (QED) is 0.675. The second kappa shape index (κ2) is 8.49. The molecule has 6 nitrogen and oxygen atoms in total. The van der Waals surface area contributed by atoms with Gasteiger partial charge in [0, 0.05) is 18.8 Å². The molecule has 0 aliphatic rings. The third kappa shape index (κ3) is 6.46. The van der Waals surface area contributed by atoms with Gasteiger partial charge in [-0.15, -0.1) is 0 Å². The highest BCUT2D eigenvalue weighted by atomic mass is 35.5. The van der Waals surface area contributed by atoms with Crippen LogP contribution in [-0.2, 0) is 4.74 Å². The van der Waals surface area contributed by atoms with E-state index in [-0.39, 0.29) is 10.6 Å². The van der Waals surface area contributed by atoms with Gasteiger partial charge in [-0.1, -0.05) is 25.4 Å². The fraction of sp³-hybridized carbons (Fsp3) is 0.429. The number of nitrogens with one attached hydrogen (secondary N) is 2. The smallest absolute Gasteiger partial charge is 0.337 e. The largest absolute Gasteiger partial charge is 0.478 e. The van der Waals surface area contributed by atoms with Gasteiger partial charge in [0.25, 0.3) is 0 Å². The summed E-state index contributed by atoms with van der Waals surface area (Å²) in [4.78, 5) is 22.5. The first-order valence-electron chi connectivity index (χ1n) is 6.55. The van der Waals surface area contributed by atoms with E-state index in [0.717, 1.165) is 0 Å². The van der Waals surface area contributed by atoms with E-state index < -0.39 is 12.0 Å². The molecule has 0 atom stereocenters. The molecule has 0 unspecified atom stereocenters. The SMILES string of the molecule is CC(C)COCCNC(=O)Nc1ccc(Cl)c(C(=O)O)c1. The van der Waals surface area contributed by atoms with E-state index in [4.69, 9.17) is 21.4 Å². The molecule has 1 aromatic rings. The lowest BCUT2D eigenvalue weighted by Crippen LogP contribution is -2.31. The van der Waals surface area contributed by atoms with Gasteiger partial charge < -0.3 is 20.5 Å². The van der Waals surface area contributed by atoms with Crippen molar-refractivity contribution in [2.24, 2.45) is 5.92 Å². The number of halogens is 1. The summed E-state index contributed by atoms with van der Waals surface area (Å²) in [5.41, 5.74) is 0.298. The first-order valence-corrected chi connectivity index (χ1v) is 6.93. The van der Waals surface area contributed by atoms with Gasteiger partial charge in [-0.2, -0.15) is 0 Å². The van der Waals surface area contributed by atoms with Crippen molar-refractivity contribution in [1.29, 1.82) is 0 Å². The number of rotatable bonds is 7. The van der Waals surface area contributed by atoms with Crippen LogP contribution in [0.2, 0.25) is 5.02 Å². The summed E-state index contributed by atoms with van der Waals surface area (Å²) in [7, 11) is 0. The molecular weight excluding hydrogens is 296 g/mol. The molecule has 0 aliphatic heterocycles. The maximum atomic E-state index is 11.6. The third-order valence-corrected chi connectivity index (χ3v) is 2.77. The number of carbonyl (C=O) groups is 2. The Morgan fingerprint density at radius 1 is 1.38 bits per heavy atom. The Kier molecular flexibility index (Phi) is 6.98. The van der Waals surface area contributed by atoms with Crippen LogP contribution in [-0.4, -0.2) is 36.9 Å².